The summed E-state index contributed by atoms with van der Waals surface area (Å²) < 4.78 is 14.2. The molecule has 1 unspecified atom stereocenters. The summed E-state index contributed by atoms with van der Waals surface area (Å²) in [6, 6.07) is 14.9. The fourth-order valence-corrected chi connectivity index (χ4v) is 3.91. The van der Waals surface area contributed by atoms with Crippen LogP contribution < -0.4 is 14.8 Å². The Morgan fingerprint density at radius 1 is 1.20 bits per heavy atom. The van der Waals surface area contributed by atoms with Crippen LogP contribution in [0.5, 0.6) is 11.5 Å². The number of carbonyl (C=O) groups excluding carboxylic acids is 1. The number of nitrogens with zero attached hydrogens (tertiary/aromatic N) is 3. The maximum Gasteiger partial charge on any atom is 0.234 e. The Hall–Kier alpha value is -2.52. The quantitative estimate of drug-likeness (QED) is 0.428. The lowest BCUT2D eigenvalue weighted by Crippen LogP contribution is -2.16. The summed E-state index contributed by atoms with van der Waals surface area (Å²) in [7, 11) is 1.57. The number of amides is 1. The molecule has 2 aromatic carbocycles. The fraction of sp³-hybridized carbons (Fsp3) is 0.286. The molecule has 0 saturated heterocycles. The van der Waals surface area contributed by atoms with Gasteiger partial charge in [0.25, 0.3) is 0 Å². The SMILES string of the molecule is CCn1c(SCC(=O)Nc2ccccc2OC)nnc1C(C)Oc1ccc(Br)cc1. The Balaban J connectivity index is 1.63. The molecular weight excluding hydrogens is 468 g/mol. The molecule has 1 amide bonds. The van der Waals surface area contributed by atoms with Crippen LogP contribution in [0.4, 0.5) is 5.69 Å². The van der Waals surface area contributed by atoms with Crippen LogP contribution in [-0.4, -0.2) is 33.5 Å². The van der Waals surface area contributed by atoms with E-state index < -0.39 is 0 Å². The van der Waals surface area contributed by atoms with E-state index in [-0.39, 0.29) is 17.8 Å². The first-order valence-electron chi connectivity index (χ1n) is 9.42. The molecule has 0 bridgehead atoms. The van der Waals surface area contributed by atoms with Crippen molar-refractivity contribution in [2.24, 2.45) is 0 Å². The molecule has 0 aliphatic rings. The zero-order valence-corrected chi connectivity index (χ0v) is 19.4. The number of benzene rings is 2. The molecule has 1 atom stereocenters. The van der Waals surface area contributed by atoms with Crippen molar-refractivity contribution in [2.75, 3.05) is 18.2 Å². The molecule has 30 heavy (non-hydrogen) atoms. The van der Waals surface area contributed by atoms with Crippen molar-refractivity contribution in [3.63, 3.8) is 0 Å². The monoisotopic (exact) mass is 490 g/mol. The zero-order chi connectivity index (χ0) is 21.5. The zero-order valence-electron chi connectivity index (χ0n) is 17.0. The average molecular weight is 491 g/mol. The third-order valence-electron chi connectivity index (χ3n) is 4.27. The second kappa shape index (κ2) is 10.5. The maximum absolute atomic E-state index is 12.4. The minimum absolute atomic E-state index is 0.143. The predicted molar refractivity (Wildman–Crippen MR) is 121 cm³/mol. The normalized spacial score (nSPS) is 11.7. The van der Waals surface area contributed by atoms with E-state index in [1.54, 1.807) is 19.2 Å². The van der Waals surface area contributed by atoms with E-state index in [1.807, 2.05) is 54.8 Å². The summed E-state index contributed by atoms with van der Waals surface area (Å²) in [5.41, 5.74) is 0.639. The molecule has 0 aliphatic heterocycles. The van der Waals surface area contributed by atoms with Crippen molar-refractivity contribution in [3.05, 3.63) is 58.8 Å². The number of carbonyl (C=O) groups is 1. The molecule has 3 aromatic rings. The van der Waals surface area contributed by atoms with Crippen molar-refractivity contribution in [3.8, 4) is 11.5 Å². The Labute approximate surface area is 188 Å². The van der Waals surface area contributed by atoms with E-state index in [0.29, 0.717) is 29.0 Å². The Bertz CT molecular complexity index is 994. The predicted octanol–water partition coefficient (Wildman–Crippen LogP) is 4.94. The van der Waals surface area contributed by atoms with E-state index in [9.17, 15) is 4.79 Å². The first-order valence-corrected chi connectivity index (χ1v) is 11.2. The Morgan fingerprint density at radius 3 is 2.63 bits per heavy atom. The highest BCUT2D eigenvalue weighted by Crippen LogP contribution is 2.27. The maximum atomic E-state index is 12.4. The lowest BCUT2D eigenvalue weighted by molar-refractivity contribution is -0.113. The molecule has 3 rings (SSSR count). The second-order valence-electron chi connectivity index (χ2n) is 6.34. The molecule has 0 fully saturated rings. The van der Waals surface area contributed by atoms with Crippen molar-refractivity contribution >= 4 is 39.3 Å². The van der Waals surface area contributed by atoms with Crippen LogP contribution in [0, 0.1) is 0 Å². The molecule has 1 N–H and O–H groups in total. The highest BCUT2D eigenvalue weighted by molar-refractivity contribution is 9.10. The third kappa shape index (κ3) is 5.54. The molecule has 0 radical (unpaired) electrons. The van der Waals surface area contributed by atoms with Crippen LogP contribution in [0.15, 0.2) is 58.2 Å². The van der Waals surface area contributed by atoms with Crippen LogP contribution in [0.1, 0.15) is 25.8 Å². The van der Waals surface area contributed by atoms with Gasteiger partial charge in [0.15, 0.2) is 17.1 Å². The van der Waals surface area contributed by atoms with Gasteiger partial charge in [0.1, 0.15) is 11.5 Å². The number of methoxy groups -OCH3 is 1. The molecular formula is C21H23BrN4O3S. The van der Waals surface area contributed by atoms with E-state index in [1.165, 1.54) is 11.8 Å². The number of ether oxygens (including phenoxy) is 2. The lowest BCUT2D eigenvalue weighted by Gasteiger charge is -2.15. The molecule has 0 saturated carbocycles. The van der Waals surface area contributed by atoms with Crippen LogP contribution >= 0.6 is 27.7 Å². The van der Waals surface area contributed by atoms with Gasteiger partial charge in [0, 0.05) is 11.0 Å². The molecule has 158 valence electrons. The van der Waals surface area contributed by atoms with Crippen LogP contribution in [-0.2, 0) is 11.3 Å². The first kappa shape index (κ1) is 22.2. The average Bonchev–Trinajstić information content (AvgIpc) is 3.17. The summed E-state index contributed by atoms with van der Waals surface area (Å²) in [5.74, 6) is 2.15. The molecule has 1 aromatic heterocycles. The van der Waals surface area contributed by atoms with Gasteiger partial charge < -0.3 is 19.4 Å². The van der Waals surface area contributed by atoms with Gasteiger partial charge in [-0.15, -0.1) is 10.2 Å². The van der Waals surface area contributed by atoms with Gasteiger partial charge >= 0.3 is 0 Å². The lowest BCUT2D eigenvalue weighted by atomic mass is 10.3. The van der Waals surface area contributed by atoms with E-state index in [2.05, 4.69) is 31.4 Å². The van der Waals surface area contributed by atoms with Crippen molar-refractivity contribution < 1.29 is 14.3 Å². The topological polar surface area (TPSA) is 78.3 Å². The molecule has 9 heteroatoms. The van der Waals surface area contributed by atoms with Crippen molar-refractivity contribution in [2.45, 2.75) is 31.7 Å². The number of aromatic nitrogens is 3. The van der Waals surface area contributed by atoms with Crippen LogP contribution in [0.25, 0.3) is 0 Å². The molecule has 0 aliphatic carbocycles. The number of hydrogen-bond acceptors (Lipinski definition) is 6. The van der Waals surface area contributed by atoms with Gasteiger partial charge in [-0.3, -0.25) is 4.79 Å². The number of hydrogen-bond donors (Lipinski definition) is 1. The van der Waals surface area contributed by atoms with Crippen molar-refractivity contribution in [1.29, 1.82) is 0 Å². The second-order valence-corrected chi connectivity index (χ2v) is 8.19. The number of halogens is 1. The number of rotatable bonds is 9. The van der Waals surface area contributed by atoms with E-state index in [4.69, 9.17) is 9.47 Å². The number of para-hydroxylation sites is 2. The summed E-state index contributed by atoms with van der Waals surface area (Å²) in [6.07, 6.45) is -0.282. The van der Waals surface area contributed by atoms with Gasteiger partial charge in [-0.25, -0.2) is 0 Å². The van der Waals surface area contributed by atoms with Gasteiger partial charge in [-0.1, -0.05) is 39.8 Å². The summed E-state index contributed by atoms with van der Waals surface area (Å²) >= 11 is 4.75. The summed E-state index contributed by atoms with van der Waals surface area (Å²) in [6.45, 7) is 4.62. The minimum Gasteiger partial charge on any atom is -0.495 e. The Morgan fingerprint density at radius 2 is 1.93 bits per heavy atom. The van der Waals surface area contributed by atoms with Gasteiger partial charge in [-0.2, -0.15) is 0 Å². The number of nitrogens with one attached hydrogen (secondary N) is 1. The summed E-state index contributed by atoms with van der Waals surface area (Å²) in [4.78, 5) is 12.4. The minimum atomic E-state index is -0.282. The largest absolute Gasteiger partial charge is 0.495 e. The van der Waals surface area contributed by atoms with Crippen LogP contribution in [0.2, 0.25) is 0 Å². The van der Waals surface area contributed by atoms with E-state index in [0.717, 1.165) is 10.2 Å². The van der Waals surface area contributed by atoms with Gasteiger partial charge in [0.2, 0.25) is 5.91 Å². The van der Waals surface area contributed by atoms with E-state index >= 15 is 0 Å². The number of anilines is 1. The number of thioether (sulfide) groups is 1. The third-order valence-corrected chi connectivity index (χ3v) is 5.76. The molecule has 7 nitrogen and oxygen atoms in total. The Kier molecular flexibility index (Phi) is 7.75. The fourth-order valence-electron chi connectivity index (χ4n) is 2.84. The van der Waals surface area contributed by atoms with Gasteiger partial charge in [0.05, 0.1) is 18.6 Å². The smallest absolute Gasteiger partial charge is 0.234 e. The van der Waals surface area contributed by atoms with Gasteiger partial charge in [-0.05, 0) is 50.2 Å². The van der Waals surface area contributed by atoms with Crippen molar-refractivity contribution in [1.82, 2.24) is 14.8 Å². The highest BCUT2D eigenvalue weighted by Gasteiger charge is 2.19. The summed E-state index contributed by atoms with van der Waals surface area (Å²) in [5, 5.41) is 12.1. The standard InChI is InChI=1S/C21H23BrN4O3S/c1-4-26-20(14(2)29-16-11-9-15(22)10-12-16)24-25-21(26)30-13-19(27)23-17-7-5-6-8-18(17)28-3/h5-12,14H,4,13H2,1-3H3,(H,23,27). The first-order chi connectivity index (χ1) is 14.5. The molecule has 0 spiro atoms. The highest BCUT2D eigenvalue weighted by atomic mass is 79.9. The van der Waals surface area contributed by atoms with Crippen LogP contribution in [0.3, 0.4) is 0 Å². The molecule has 1 heterocycles.